The first kappa shape index (κ1) is 13.2. The zero-order chi connectivity index (χ0) is 14.7. The molecule has 1 aliphatic rings. The number of carbonyl (C=O) groups is 1. The molecule has 0 atom stereocenters. The van der Waals surface area contributed by atoms with Gasteiger partial charge in [-0.15, -0.1) is 0 Å². The summed E-state index contributed by atoms with van der Waals surface area (Å²) >= 11 is 0. The minimum atomic E-state index is -0.420. The van der Waals surface area contributed by atoms with E-state index in [4.69, 9.17) is 14.2 Å². The molecule has 3 rings (SSSR count). The Balaban J connectivity index is 1.65. The number of benzene rings is 2. The third-order valence-corrected chi connectivity index (χ3v) is 3.05. The van der Waals surface area contributed by atoms with Crippen molar-refractivity contribution in [3.63, 3.8) is 0 Å². The van der Waals surface area contributed by atoms with E-state index < -0.39 is 5.97 Å². The van der Waals surface area contributed by atoms with E-state index in [1.54, 1.807) is 18.2 Å². The zero-order valence-electron chi connectivity index (χ0n) is 11.5. The van der Waals surface area contributed by atoms with Gasteiger partial charge in [0.2, 0.25) is 6.79 Å². The molecule has 1 aliphatic heterocycles. The van der Waals surface area contributed by atoms with Gasteiger partial charge in [0.1, 0.15) is 5.75 Å². The highest BCUT2D eigenvalue weighted by atomic mass is 16.7. The molecule has 0 saturated heterocycles. The molecule has 0 saturated carbocycles. The molecule has 106 valence electrons. The lowest BCUT2D eigenvalue weighted by atomic mass is 10.2. The second-order valence-electron chi connectivity index (χ2n) is 4.68. The summed E-state index contributed by atoms with van der Waals surface area (Å²) in [5.41, 5.74) is 1.96. The van der Waals surface area contributed by atoms with E-state index in [2.05, 4.69) is 0 Å². The Hall–Kier alpha value is -2.75. The highest BCUT2D eigenvalue weighted by molar-refractivity contribution is 5.88. The molecule has 0 spiro atoms. The van der Waals surface area contributed by atoms with E-state index in [-0.39, 0.29) is 6.79 Å². The molecular formula is C17H14O4. The highest BCUT2D eigenvalue weighted by Gasteiger charge is 2.12. The van der Waals surface area contributed by atoms with E-state index in [0.29, 0.717) is 11.5 Å². The average Bonchev–Trinajstić information content (AvgIpc) is 2.95. The number of fused-ring (bicyclic) bond motifs is 1. The fraction of sp³-hybridized carbons (Fsp3) is 0.118. The molecule has 0 radical (unpaired) electrons. The first-order chi connectivity index (χ1) is 10.2. The summed E-state index contributed by atoms with van der Waals surface area (Å²) in [6.07, 6.45) is 3.07. The fourth-order valence-electron chi connectivity index (χ4n) is 1.94. The maximum Gasteiger partial charge on any atom is 0.336 e. The Morgan fingerprint density at radius 3 is 2.67 bits per heavy atom. The lowest BCUT2D eigenvalue weighted by molar-refractivity contribution is -0.128. The SMILES string of the molecule is Cc1ccc(OC(=O)/C=C/c2ccc3c(c2)OCO3)cc1. The maximum atomic E-state index is 11.7. The van der Waals surface area contributed by atoms with Gasteiger partial charge in [-0.05, 0) is 42.8 Å². The topological polar surface area (TPSA) is 44.8 Å². The molecule has 4 heteroatoms. The molecule has 0 unspecified atom stereocenters. The third-order valence-electron chi connectivity index (χ3n) is 3.05. The van der Waals surface area contributed by atoms with Crippen molar-refractivity contribution in [3.05, 3.63) is 59.7 Å². The molecule has 1 heterocycles. The van der Waals surface area contributed by atoms with Crippen LogP contribution in [0.25, 0.3) is 6.08 Å². The predicted octanol–water partition coefficient (Wildman–Crippen LogP) is 3.34. The van der Waals surface area contributed by atoms with Gasteiger partial charge in [0, 0.05) is 6.08 Å². The Labute approximate surface area is 122 Å². The molecule has 4 nitrogen and oxygen atoms in total. The molecular weight excluding hydrogens is 268 g/mol. The largest absolute Gasteiger partial charge is 0.454 e. The van der Waals surface area contributed by atoms with Gasteiger partial charge in [-0.3, -0.25) is 0 Å². The minimum absolute atomic E-state index is 0.234. The number of aryl methyl sites for hydroxylation is 1. The molecule has 0 amide bonds. The van der Waals surface area contributed by atoms with Crippen LogP contribution in [0.2, 0.25) is 0 Å². The second kappa shape index (κ2) is 5.71. The normalized spacial score (nSPS) is 12.6. The van der Waals surface area contributed by atoms with Crippen LogP contribution in [0.5, 0.6) is 17.2 Å². The van der Waals surface area contributed by atoms with Crippen LogP contribution in [-0.2, 0) is 4.79 Å². The number of rotatable bonds is 3. The van der Waals surface area contributed by atoms with E-state index in [0.717, 1.165) is 16.9 Å². The van der Waals surface area contributed by atoms with Crippen LogP contribution in [0.1, 0.15) is 11.1 Å². The Bertz CT molecular complexity index is 686. The first-order valence-corrected chi connectivity index (χ1v) is 6.57. The van der Waals surface area contributed by atoms with Crippen LogP contribution >= 0.6 is 0 Å². The molecule has 0 aromatic heterocycles. The Morgan fingerprint density at radius 1 is 1.10 bits per heavy atom. The van der Waals surface area contributed by atoms with Crippen molar-refractivity contribution in [3.8, 4) is 17.2 Å². The Kier molecular flexibility index (Phi) is 3.60. The molecule has 0 fully saturated rings. The summed E-state index contributed by atoms with van der Waals surface area (Å²) in [5, 5.41) is 0. The van der Waals surface area contributed by atoms with E-state index in [9.17, 15) is 4.79 Å². The summed E-state index contributed by atoms with van der Waals surface area (Å²) in [6.45, 7) is 2.21. The molecule has 21 heavy (non-hydrogen) atoms. The van der Waals surface area contributed by atoms with Crippen LogP contribution in [-0.4, -0.2) is 12.8 Å². The number of hydrogen-bond donors (Lipinski definition) is 0. The van der Waals surface area contributed by atoms with Crippen LogP contribution in [0.15, 0.2) is 48.5 Å². The zero-order valence-corrected chi connectivity index (χ0v) is 11.5. The van der Waals surface area contributed by atoms with E-state index in [1.807, 2.05) is 37.3 Å². The van der Waals surface area contributed by atoms with Crippen molar-refractivity contribution in [2.75, 3.05) is 6.79 Å². The van der Waals surface area contributed by atoms with Crippen molar-refractivity contribution in [2.24, 2.45) is 0 Å². The lowest BCUT2D eigenvalue weighted by Crippen LogP contribution is -2.03. The van der Waals surface area contributed by atoms with Crippen molar-refractivity contribution < 1.29 is 19.0 Å². The quantitative estimate of drug-likeness (QED) is 0.492. The van der Waals surface area contributed by atoms with Crippen LogP contribution in [0, 0.1) is 6.92 Å². The molecule has 2 aromatic carbocycles. The van der Waals surface area contributed by atoms with Gasteiger partial charge in [-0.25, -0.2) is 4.79 Å². The standard InChI is InChI=1S/C17H14O4/c1-12-2-6-14(7-3-12)21-17(18)9-5-13-4-8-15-16(10-13)20-11-19-15/h2-10H,11H2,1H3/b9-5+. The first-order valence-electron chi connectivity index (χ1n) is 6.57. The fourth-order valence-corrected chi connectivity index (χ4v) is 1.94. The molecule has 2 aromatic rings. The van der Waals surface area contributed by atoms with Crippen LogP contribution in [0.3, 0.4) is 0 Å². The van der Waals surface area contributed by atoms with Crippen molar-refractivity contribution in [1.82, 2.24) is 0 Å². The molecule has 0 aliphatic carbocycles. The number of ether oxygens (including phenoxy) is 3. The van der Waals surface area contributed by atoms with Gasteiger partial charge >= 0.3 is 5.97 Å². The number of hydrogen-bond acceptors (Lipinski definition) is 4. The monoisotopic (exact) mass is 282 g/mol. The summed E-state index contributed by atoms with van der Waals surface area (Å²) in [7, 11) is 0. The van der Waals surface area contributed by atoms with Gasteiger partial charge in [0.25, 0.3) is 0 Å². The summed E-state index contributed by atoms with van der Waals surface area (Å²) in [6, 6.07) is 12.8. The van der Waals surface area contributed by atoms with Crippen molar-refractivity contribution in [1.29, 1.82) is 0 Å². The second-order valence-corrected chi connectivity index (χ2v) is 4.68. The average molecular weight is 282 g/mol. The van der Waals surface area contributed by atoms with Gasteiger partial charge in [0.05, 0.1) is 0 Å². The van der Waals surface area contributed by atoms with Crippen LogP contribution < -0.4 is 14.2 Å². The summed E-state index contributed by atoms with van der Waals surface area (Å²) < 4.78 is 15.7. The minimum Gasteiger partial charge on any atom is -0.454 e. The van der Waals surface area contributed by atoms with Crippen molar-refractivity contribution in [2.45, 2.75) is 6.92 Å². The number of carbonyl (C=O) groups excluding carboxylic acids is 1. The van der Waals surface area contributed by atoms with Crippen molar-refractivity contribution >= 4 is 12.0 Å². The number of esters is 1. The van der Waals surface area contributed by atoms with Crippen LogP contribution in [0.4, 0.5) is 0 Å². The Morgan fingerprint density at radius 2 is 1.86 bits per heavy atom. The van der Waals surface area contributed by atoms with Gasteiger partial charge in [-0.2, -0.15) is 0 Å². The van der Waals surface area contributed by atoms with E-state index in [1.165, 1.54) is 6.08 Å². The maximum absolute atomic E-state index is 11.7. The van der Waals surface area contributed by atoms with Gasteiger partial charge in [-0.1, -0.05) is 23.8 Å². The highest BCUT2D eigenvalue weighted by Crippen LogP contribution is 2.32. The third kappa shape index (κ3) is 3.23. The molecule has 0 bridgehead atoms. The smallest absolute Gasteiger partial charge is 0.336 e. The van der Waals surface area contributed by atoms with Gasteiger partial charge in [0.15, 0.2) is 11.5 Å². The molecule has 0 N–H and O–H groups in total. The summed E-state index contributed by atoms with van der Waals surface area (Å²) in [4.78, 5) is 11.7. The predicted molar refractivity (Wildman–Crippen MR) is 78.4 cm³/mol. The summed E-state index contributed by atoms with van der Waals surface area (Å²) in [5.74, 6) is 1.51. The van der Waals surface area contributed by atoms with E-state index >= 15 is 0 Å². The van der Waals surface area contributed by atoms with Gasteiger partial charge < -0.3 is 14.2 Å². The lowest BCUT2D eigenvalue weighted by Gasteiger charge is -2.01.